The molecular formula is C11H13N3O5. The highest BCUT2D eigenvalue weighted by Crippen LogP contribution is 2.23. The lowest BCUT2D eigenvalue weighted by molar-refractivity contribution is -0.121. The van der Waals surface area contributed by atoms with Gasteiger partial charge in [0.05, 0.1) is 18.4 Å². The van der Waals surface area contributed by atoms with Crippen molar-refractivity contribution >= 4 is 23.6 Å². The van der Waals surface area contributed by atoms with E-state index < -0.39 is 24.5 Å². The van der Waals surface area contributed by atoms with Crippen LogP contribution >= 0.6 is 0 Å². The Bertz CT molecular complexity index is 515. The highest BCUT2D eigenvalue weighted by atomic mass is 16.5. The molecule has 0 saturated heterocycles. The van der Waals surface area contributed by atoms with Crippen LogP contribution in [0.5, 0.6) is 5.75 Å². The van der Waals surface area contributed by atoms with E-state index in [2.05, 4.69) is 4.74 Å². The summed E-state index contributed by atoms with van der Waals surface area (Å²) in [5, 5.41) is 1.82. The zero-order valence-electron chi connectivity index (χ0n) is 10.1. The van der Waals surface area contributed by atoms with Gasteiger partial charge in [0.1, 0.15) is 5.75 Å². The molecule has 8 nitrogen and oxygen atoms in total. The summed E-state index contributed by atoms with van der Waals surface area (Å²) in [5.74, 6) is -1.16. The van der Waals surface area contributed by atoms with Crippen molar-refractivity contribution in [2.45, 2.75) is 0 Å². The summed E-state index contributed by atoms with van der Waals surface area (Å²) in [5.41, 5.74) is 10.8. The number of nitrogens with one attached hydrogen (secondary N) is 1. The Labute approximate surface area is 108 Å². The number of anilines is 1. The van der Waals surface area contributed by atoms with Gasteiger partial charge in [0.2, 0.25) is 0 Å². The Morgan fingerprint density at radius 1 is 1.32 bits per heavy atom. The van der Waals surface area contributed by atoms with Gasteiger partial charge in [0.25, 0.3) is 5.91 Å². The Balaban J connectivity index is 2.75. The number of ether oxygens (including phenoxy) is 2. The minimum atomic E-state index is -0.982. The summed E-state index contributed by atoms with van der Waals surface area (Å²) >= 11 is 0. The molecule has 0 fully saturated rings. The molecule has 0 aliphatic carbocycles. The molecule has 0 aliphatic heterocycles. The first-order valence-electron chi connectivity index (χ1n) is 5.14. The summed E-state index contributed by atoms with van der Waals surface area (Å²) in [7, 11) is 1.24. The fourth-order valence-corrected chi connectivity index (χ4v) is 1.22. The topological polar surface area (TPSA) is 134 Å². The number of benzene rings is 1. The van der Waals surface area contributed by atoms with Crippen LogP contribution in [0.4, 0.5) is 10.5 Å². The maximum Gasteiger partial charge on any atom is 0.337 e. The molecule has 0 heterocycles. The van der Waals surface area contributed by atoms with Crippen LogP contribution in [0.1, 0.15) is 10.4 Å². The molecule has 0 radical (unpaired) electrons. The molecule has 1 aromatic rings. The minimum absolute atomic E-state index is 0.127. The molecule has 1 rings (SSSR count). The SMILES string of the molecule is COC(=O)c1ccc(N)c(OCC(=O)NC(N)=O)c1. The minimum Gasteiger partial charge on any atom is -0.482 e. The Hall–Kier alpha value is -2.77. The lowest BCUT2D eigenvalue weighted by Gasteiger charge is -2.09. The van der Waals surface area contributed by atoms with Gasteiger partial charge in [0.15, 0.2) is 6.61 Å². The molecule has 19 heavy (non-hydrogen) atoms. The number of esters is 1. The Kier molecular flexibility index (Phi) is 4.69. The van der Waals surface area contributed by atoms with Gasteiger partial charge in [-0.05, 0) is 18.2 Å². The highest BCUT2D eigenvalue weighted by molar-refractivity contribution is 5.94. The summed E-state index contributed by atoms with van der Waals surface area (Å²) in [6.07, 6.45) is 0. The molecule has 8 heteroatoms. The van der Waals surface area contributed by atoms with E-state index in [0.717, 1.165) is 0 Å². The predicted molar refractivity (Wildman–Crippen MR) is 65.4 cm³/mol. The van der Waals surface area contributed by atoms with Crippen molar-refractivity contribution < 1.29 is 23.9 Å². The van der Waals surface area contributed by atoms with Gasteiger partial charge in [-0.2, -0.15) is 0 Å². The smallest absolute Gasteiger partial charge is 0.337 e. The molecule has 3 amide bonds. The van der Waals surface area contributed by atoms with Gasteiger partial charge in [0, 0.05) is 0 Å². The summed E-state index contributed by atoms with van der Waals surface area (Å²) in [6, 6.07) is 3.24. The van der Waals surface area contributed by atoms with Crippen LogP contribution in [-0.2, 0) is 9.53 Å². The van der Waals surface area contributed by atoms with Crippen LogP contribution < -0.4 is 21.5 Å². The first-order chi connectivity index (χ1) is 8.93. The van der Waals surface area contributed by atoms with E-state index in [1.54, 1.807) is 0 Å². The average molecular weight is 267 g/mol. The molecule has 0 unspecified atom stereocenters. The monoisotopic (exact) mass is 267 g/mol. The van der Waals surface area contributed by atoms with E-state index in [1.165, 1.54) is 25.3 Å². The molecule has 1 aromatic carbocycles. The third-order valence-electron chi connectivity index (χ3n) is 2.06. The van der Waals surface area contributed by atoms with Crippen molar-refractivity contribution in [3.63, 3.8) is 0 Å². The molecular weight excluding hydrogens is 254 g/mol. The zero-order chi connectivity index (χ0) is 14.4. The Morgan fingerprint density at radius 2 is 2.00 bits per heavy atom. The summed E-state index contributed by atoms with van der Waals surface area (Å²) in [4.78, 5) is 32.9. The number of amides is 3. The Morgan fingerprint density at radius 3 is 2.58 bits per heavy atom. The molecule has 0 atom stereocenters. The number of hydrogen-bond donors (Lipinski definition) is 3. The second kappa shape index (κ2) is 6.24. The highest BCUT2D eigenvalue weighted by Gasteiger charge is 2.11. The van der Waals surface area contributed by atoms with Crippen molar-refractivity contribution in [3.8, 4) is 5.75 Å². The van der Waals surface area contributed by atoms with E-state index in [0.29, 0.717) is 0 Å². The molecule has 102 valence electrons. The number of hydrogen-bond acceptors (Lipinski definition) is 6. The molecule has 0 bridgehead atoms. The maximum atomic E-state index is 11.3. The standard InChI is InChI=1S/C11H13N3O5/c1-18-10(16)6-2-3-7(12)8(4-6)19-5-9(15)14-11(13)17/h2-4H,5,12H2,1H3,(H3,13,14,15,17). The van der Waals surface area contributed by atoms with Crippen molar-refractivity contribution in [1.29, 1.82) is 0 Å². The zero-order valence-corrected chi connectivity index (χ0v) is 10.1. The van der Waals surface area contributed by atoms with Crippen molar-refractivity contribution in [2.75, 3.05) is 19.5 Å². The van der Waals surface area contributed by atoms with Gasteiger partial charge in [-0.1, -0.05) is 0 Å². The second-order valence-corrected chi connectivity index (χ2v) is 3.45. The average Bonchev–Trinajstić information content (AvgIpc) is 2.36. The van der Waals surface area contributed by atoms with E-state index in [9.17, 15) is 14.4 Å². The van der Waals surface area contributed by atoms with E-state index >= 15 is 0 Å². The quantitative estimate of drug-likeness (QED) is 0.503. The van der Waals surface area contributed by atoms with Gasteiger partial charge < -0.3 is 20.9 Å². The molecule has 0 aromatic heterocycles. The van der Waals surface area contributed by atoms with Crippen molar-refractivity contribution in [3.05, 3.63) is 23.8 Å². The first kappa shape index (κ1) is 14.3. The summed E-state index contributed by atoms with van der Waals surface area (Å²) < 4.78 is 9.62. The van der Waals surface area contributed by atoms with Crippen LogP contribution in [-0.4, -0.2) is 31.6 Å². The fraction of sp³-hybridized carbons (Fsp3) is 0.182. The van der Waals surface area contributed by atoms with E-state index in [-0.39, 0.29) is 17.0 Å². The fourth-order valence-electron chi connectivity index (χ4n) is 1.22. The number of nitrogens with two attached hydrogens (primary N) is 2. The van der Waals surface area contributed by atoms with Crippen LogP contribution in [0.25, 0.3) is 0 Å². The number of methoxy groups -OCH3 is 1. The van der Waals surface area contributed by atoms with Gasteiger partial charge in [-0.25, -0.2) is 9.59 Å². The van der Waals surface area contributed by atoms with Crippen LogP contribution in [0.2, 0.25) is 0 Å². The maximum absolute atomic E-state index is 11.3. The first-order valence-corrected chi connectivity index (χ1v) is 5.14. The normalized spacial score (nSPS) is 9.53. The number of carbonyl (C=O) groups excluding carboxylic acids is 3. The van der Waals surface area contributed by atoms with Gasteiger partial charge in [-0.3, -0.25) is 10.1 Å². The van der Waals surface area contributed by atoms with Crippen LogP contribution in [0.3, 0.4) is 0 Å². The van der Waals surface area contributed by atoms with Crippen LogP contribution in [0.15, 0.2) is 18.2 Å². The number of urea groups is 1. The molecule has 0 spiro atoms. The number of nitrogen functional groups attached to an aromatic ring is 1. The van der Waals surface area contributed by atoms with Gasteiger partial charge >= 0.3 is 12.0 Å². The number of primary amides is 1. The number of rotatable bonds is 4. The molecule has 0 saturated carbocycles. The molecule has 5 N–H and O–H groups in total. The van der Waals surface area contributed by atoms with Crippen LogP contribution in [0, 0.1) is 0 Å². The number of carbonyl (C=O) groups is 3. The predicted octanol–water partition coefficient (Wildman–Crippen LogP) is -0.371. The third kappa shape index (κ3) is 4.19. The number of imide groups is 1. The van der Waals surface area contributed by atoms with Crippen molar-refractivity contribution in [1.82, 2.24) is 5.32 Å². The largest absolute Gasteiger partial charge is 0.482 e. The van der Waals surface area contributed by atoms with E-state index in [4.69, 9.17) is 16.2 Å². The third-order valence-corrected chi connectivity index (χ3v) is 2.06. The van der Waals surface area contributed by atoms with E-state index in [1.807, 2.05) is 5.32 Å². The lowest BCUT2D eigenvalue weighted by Crippen LogP contribution is -2.38. The summed E-state index contributed by atoms with van der Waals surface area (Å²) in [6.45, 7) is -0.461. The van der Waals surface area contributed by atoms with Crippen molar-refractivity contribution in [2.24, 2.45) is 5.73 Å². The lowest BCUT2D eigenvalue weighted by atomic mass is 10.2. The van der Waals surface area contributed by atoms with Gasteiger partial charge in [-0.15, -0.1) is 0 Å². The molecule has 0 aliphatic rings. The second-order valence-electron chi connectivity index (χ2n) is 3.45.